The number of carbonyl (C=O) groups is 1. The van der Waals surface area contributed by atoms with Crippen molar-refractivity contribution in [2.45, 2.75) is 30.7 Å². The fourth-order valence-electron chi connectivity index (χ4n) is 4.75. The highest BCUT2D eigenvalue weighted by Gasteiger charge is 2.38. The number of non-ortho nitro benzene ring substituents is 1. The lowest BCUT2D eigenvalue weighted by Crippen LogP contribution is -2.31. The molecule has 2 N–H and O–H groups in total. The Kier molecular flexibility index (Phi) is 8.68. The van der Waals surface area contributed by atoms with E-state index in [9.17, 15) is 19.7 Å². The number of nitro groups is 1. The number of hydrogen-bond acceptors (Lipinski definition) is 9. The van der Waals surface area contributed by atoms with Crippen LogP contribution in [0.2, 0.25) is 0 Å². The van der Waals surface area contributed by atoms with E-state index in [-0.39, 0.29) is 12.3 Å². The molecule has 1 aliphatic rings. The number of H-pyrrole nitrogens is 1. The third-order valence-electron chi connectivity index (χ3n) is 6.63. The summed E-state index contributed by atoms with van der Waals surface area (Å²) >= 11 is 1.29. The first kappa shape index (κ1) is 28.6. The van der Waals surface area contributed by atoms with Gasteiger partial charge in [0.2, 0.25) is 0 Å². The van der Waals surface area contributed by atoms with Crippen LogP contribution in [0.4, 0.5) is 11.5 Å². The summed E-state index contributed by atoms with van der Waals surface area (Å²) in [6, 6.07) is 22.9. The molecule has 3 aromatic carbocycles. The largest absolute Gasteiger partial charge is 0.494 e. The van der Waals surface area contributed by atoms with E-state index in [4.69, 9.17) is 14.5 Å². The molecule has 1 atom stereocenters. The van der Waals surface area contributed by atoms with Gasteiger partial charge in [-0.1, -0.05) is 66.4 Å². The fourth-order valence-corrected chi connectivity index (χ4v) is 5.57. The predicted molar refractivity (Wildman–Crippen MR) is 161 cm³/mol. The summed E-state index contributed by atoms with van der Waals surface area (Å²) < 4.78 is 11.1. The smallest absolute Gasteiger partial charge is 0.337 e. The summed E-state index contributed by atoms with van der Waals surface area (Å²) in [6.45, 7) is 4.30. The van der Waals surface area contributed by atoms with E-state index in [1.54, 1.807) is 19.1 Å². The van der Waals surface area contributed by atoms with Gasteiger partial charge in [-0.3, -0.25) is 14.9 Å². The number of esters is 1. The van der Waals surface area contributed by atoms with Gasteiger partial charge in [0, 0.05) is 17.9 Å². The van der Waals surface area contributed by atoms with Crippen LogP contribution in [0.15, 0.2) is 94.4 Å². The highest BCUT2D eigenvalue weighted by Crippen LogP contribution is 2.43. The van der Waals surface area contributed by atoms with E-state index in [1.807, 2.05) is 61.5 Å². The molecule has 0 fully saturated rings. The molecule has 42 heavy (non-hydrogen) atoms. The van der Waals surface area contributed by atoms with Crippen molar-refractivity contribution in [3.63, 3.8) is 0 Å². The zero-order chi connectivity index (χ0) is 29.6. The van der Waals surface area contributed by atoms with Crippen LogP contribution in [0.25, 0.3) is 5.70 Å². The molecule has 1 unspecified atom stereocenters. The van der Waals surface area contributed by atoms with Gasteiger partial charge in [-0.15, -0.1) is 0 Å². The summed E-state index contributed by atoms with van der Waals surface area (Å²) in [4.78, 5) is 45.4. The first-order valence-electron chi connectivity index (χ1n) is 13.4. The van der Waals surface area contributed by atoms with Crippen molar-refractivity contribution >= 4 is 34.9 Å². The number of nitrogens with zero attached hydrogens (tertiary/aromatic N) is 2. The number of rotatable bonds is 10. The van der Waals surface area contributed by atoms with Crippen LogP contribution < -0.4 is 15.6 Å². The average Bonchev–Trinajstić information content (AvgIpc) is 3.00. The van der Waals surface area contributed by atoms with Crippen molar-refractivity contribution < 1.29 is 19.2 Å². The number of aromatic nitrogens is 2. The van der Waals surface area contributed by atoms with Crippen molar-refractivity contribution in [2.24, 2.45) is 0 Å². The highest BCUT2D eigenvalue weighted by atomic mass is 32.2. The second-order valence-corrected chi connectivity index (χ2v) is 10.2. The maximum Gasteiger partial charge on any atom is 0.337 e. The molecule has 1 aliphatic heterocycles. The molecular weight excluding hydrogens is 556 g/mol. The SMILES string of the molecule is CCOC(=O)C1=C(c2ccccc2)Nc2nc(SCc3ccc([N+](=O)[O-])cc3)[nH]c(=O)c2C1c1ccc(OCC)cc1. The minimum absolute atomic E-state index is 0.00577. The second-order valence-electron chi connectivity index (χ2n) is 9.28. The van der Waals surface area contributed by atoms with Crippen LogP contribution in [-0.2, 0) is 15.3 Å². The summed E-state index contributed by atoms with van der Waals surface area (Å²) in [5.74, 6) is 0.124. The van der Waals surface area contributed by atoms with Crippen LogP contribution in [0.5, 0.6) is 5.75 Å². The second kappa shape index (κ2) is 12.7. The Labute approximate surface area is 246 Å². The van der Waals surface area contributed by atoms with Crippen LogP contribution in [0.1, 0.15) is 42.0 Å². The number of thioether (sulfide) groups is 1. The molecule has 0 amide bonds. The number of aromatic amines is 1. The van der Waals surface area contributed by atoms with Gasteiger partial charge in [0.15, 0.2) is 5.16 Å². The normalized spacial score (nSPS) is 14.1. The van der Waals surface area contributed by atoms with Crippen LogP contribution in [0, 0.1) is 10.1 Å². The number of nitrogens with one attached hydrogen (secondary N) is 2. The quantitative estimate of drug-likeness (QED) is 0.0767. The molecule has 10 nitrogen and oxygen atoms in total. The summed E-state index contributed by atoms with van der Waals surface area (Å²) in [6.07, 6.45) is 0. The van der Waals surface area contributed by atoms with Gasteiger partial charge in [-0.25, -0.2) is 9.78 Å². The molecule has 5 rings (SSSR count). The summed E-state index contributed by atoms with van der Waals surface area (Å²) in [5.41, 5.74) is 2.99. The molecule has 0 saturated carbocycles. The number of anilines is 1. The van der Waals surface area contributed by atoms with Gasteiger partial charge >= 0.3 is 5.97 Å². The average molecular weight is 585 g/mol. The van der Waals surface area contributed by atoms with Gasteiger partial charge in [0.05, 0.1) is 40.9 Å². The van der Waals surface area contributed by atoms with Crippen molar-refractivity contribution in [3.8, 4) is 5.75 Å². The third-order valence-corrected chi connectivity index (χ3v) is 7.57. The maximum absolute atomic E-state index is 13.7. The lowest BCUT2D eigenvalue weighted by Gasteiger charge is -2.30. The first-order chi connectivity index (χ1) is 20.4. The predicted octanol–water partition coefficient (Wildman–Crippen LogP) is 5.90. The van der Waals surface area contributed by atoms with E-state index in [0.717, 1.165) is 11.1 Å². The van der Waals surface area contributed by atoms with Crippen LogP contribution in [-0.4, -0.2) is 34.1 Å². The van der Waals surface area contributed by atoms with E-state index >= 15 is 0 Å². The van der Waals surface area contributed by atoms with Gasteiger partial charge in [0.1, 0.15) is 11.6 Å². The van der Waals surface area contributed by atoms with Crippen molar-refractivity contribution in [2.75, 3.05) is 18.5 Å². The van der Waals surface area contributed by atoms with Gasteiger partial charge in [-0.2, -0.15) is 0 Å². The molecule has 11 heteroatoms. The lowest BCUT2D eigenvalue weighted by molar-refractivity contribution is -0.384. The monoisotopic (exact) mass is 584 g/mol. The van der Waals surface area contributed by atoms with Crippen molar-refractivity contribution in [1.29, 1.82) is 0 Å². The molecular formula is C31H28N4O6S. The van der Waals surface area contributed by atoms with Crippen molar-refractivity contribution in [3.05, 3.63) is 127 Å². The third kappa shape index (κ3) is 6.06. The fraction of sp³-hybridized carbons (Fsp3) is 0.194. The molecule has 2 heterocycles. The van der Waals surface area contributed by atoms with E-state index in [1.165, 1.54) is 23.9 Å². The first-order valence-corrected chi connectivity index (χ1v) is 14.3. The lowest BCUT2D eigenvalue weighted by atomic mass is 9.81. The maximum atomic E-state index is 13.7. The molecule has 0 spiro atoms. The van der Waals surface area contributed by atoms with E-state index in [0.29, 0.717) is 51.5 Å². The number of carbonyl (C=O) groups excluding carboxylic acids is 1. The zero-order valence-electron chi connectivity index (χ0n) is 23.0. The summed E-state index contributed by atoms with van der Waals surface area (Å²) in [5, 5.41) is 14.6. The van der Waals surface area contributed by atoms with Gasteiger partial charge in [-0.05, 0) is 42.7 Å². The molecule has 0 aliphatic carbocycles. The van der Waals surface area contributed by atoms with Gasteiger partial charge < -0.3 is 19.8 Å². The topological polar surface area (TPSA) is 136 Å². The number of hydrogen-bond donors (Lipinski definition) is 2. The Morgan fingerprint density at radius 1 is 1.00 bits per heavy atom. The molecule has 0 radical (unpaired) electrons. The van der Waals surface area contributed by atoms with E-state index in [2.05, 4.69) is 10.3 Å². The van der Waals surface area contributed by atoms with Crippen LogP contribution in [0.3, 0.4) is 0 Å². The Morgan fingerprint density at radius 2 is 1.71 bits per heavy atom. The molecule has 4 aromatic rings. The molecule has 214 valence electrons. The number of fused-ring (bicyclic) bond motifs is 1. The van der Waals surface area contributed by atoms with Crippen molar-refractivity contribution in [1.82, 2.24) is 9.97 Å². The molecule has 0 bridgehead atoms. The minimum atomic E-state index is -0.767. The summed E-state index contributed by atoms with van der Waals surface area (Å²) in [7, 11) is 0. The number of benzene rings is 3. The Balaban J connectivity index is 1.60. The minimum Gasteiger partial charge on any atom is -0.494 e. The Morgan fingerprint density at radius 3 is 2.36 bits per heavy atom. The number of nitro benzene ring substituents is 1. The Bertz CT molecular complexity index is 1690. The van der Waals surface area contributed by atoms with Crippen LogP contribution >= 0.6 is 11.8 Å². The zero-order valence-corrected chi connectivity index (χ0v) is 23.8. The van der Waals surface area contributed by atoms with E-state index < -0.39 is 22.4 Å². The standard InChI is InChI=1S/C31H28N4O6S/c1-3-40-23-16-12-20(13-17-23)24-25(30(37)41-4-2)27(21-8-6-5-7-9-21)32-28-26(24)29(36)34-31(33-28)42-18-19-10-14-22(15-11-19)35(38)39/h5-17,24H,3-4,18H2,1-2H3,(H2,32,33,34,36). The number of ether oxygens (including phenoxy) is 2. The Hall–Kier alpha value is -4.90. The molecule has 1 aromatic heterocycles. The highest BCUT2D eigenvalue weighted by molar-refractivity contribution is 7.98. The molecule has 0 saturated heterocycles. The van der Waals surface area contributed by atoms with Gasteiger partial charge in [0.25, 0.3) is 11.2 Å².